The van der Waals surface area contributed by atoms with E-state index < -0.39 is 0 Å². The molecule has 1 aliphatic heterocycles. The first kappa shape index (κ1) is 16.0. The highest BCUT2D eigenvalue weighted by atomic mass is 16.5. The van der Waals surface area contributed by atoms with Crippen molar-refractivity contribution in [3.63, 3.8) is 0 Å². The number of nitrogens with one attached hydrogen (secondary N) is 3. The number of amides is 1. The molecule has 5 N–H and O–H groups in total. The highest BCUT2D eigenvalue weighted by molar-refractivity contribution is 6.06. The Balaban J connectivity index is 1.61. The molecule has 140 valence electrons. The zero-order valence-corrected chi connectivity index (χ0v) is 15.1. The molecule has 1 saturated carbocycles. The van der Waals surface area contributed by atoms with Crippen LogP contribution in [0.1, 0.15) is 12.8 Å². The number of hydrogen-bond donors (Lipinski definition) is 4. The van der Waals surface area contributed by atoms with Crippen LogP contribution in [0.25, 0.3) is 22.2 Å². The molecule has 1 aliphatic carbocycles. The minimum Gasteiger partial charge on any atom is -0.491 e. The average Bonchev–Trinajstić information content (AvgIpc) is 3.33. The van der Waals surface area contributed by atoms with Crippen LogP contribution in [0.2, 0.25) is 0 Å². The van der Waals surface area contributed by atoms with Gasteiger partial charge in [-0.1, -0.05) is 0 Å². The van der Waals surface area contributed by atoms with Crippen LogP contribution in [0.5, 0.6) is 5.75 Å². The zero-order valence-electron chi connectivity index (χ0n) is 15.1. The third kappa shape index (κ3) is 2.77. The Labute approximate surface area is 156 Å². The number of carbonyl (C=O) groups excluding carboxylic acids is 1. The Kier molecular flexibility index (Phi) is 3.53. The number of carbonyl (C=O) groups is 1. The molecular weight excluding hydrogens is 344 g/mol. The Hall–Kier alpha value is -3.16. The molecular formula is C19H22N6O2. The molecule has 8 heteroatoms. The number of primary amides is 1. The van der Waals surface area contributed by atoms with E-state index in [-0.39, 0.29) is 11.9 Å². The van der Waals surface area contributed by atoms with Crippen molar-refractivity contribution >= 4 is 28.2 Å². The van der Waals surface area contributed by atoms with Crippen molar-refractivity contribution in [1.29, 1.82) is 0 Å². The van der Waals surface area contributed by atoms with Crippen LogP contribution in [0.15, 0.2) is 24.5 Å². The number of aryl methyl sites for hydroxylation is 1. The summed E-state index contributed by atoms with van der Waals surface area (Å²) in [4.78, 5) is 15.3. The summed E-state index contributed by atoms with van der Waals surface area (Å²) in [6.45, 7) is 1.28. The van der Waals surface area contributed by atoms with Crippen LogP contribution < -0.4 is 21.1 Å². The first-order chi connectivity index (χ1) is 13.1. The van der Waals surface area contributed by atoms with Crippen LogP contribution >= 0.6 is 0 Å². The van der Waals surface area contributed by atoms with Crippen molar-refractivity contribution < 1.29 is 9.53 Å². The van der Waals surface area contributed by atoms with Crippen molar-refractivity contribution in [3.05, 3.63) is 24.5 Å². The monoisotopic (exact) mass is 366 g/mol. The van der Waals surface area contributed by atoms with Crippen LogP contribution in [-0.2, 0) is 11.8 Å². The summed E-state index contributed by atoms with van der Waals surface area (Å²) < 4.78 is 7.75. The van der Waals surface area contributed by atoms with E-state index >= 15 is 0 Å². The summed E-state index contributed by atoms with van der Waals surface area (Å²) in [5.74, 6) is 0.805. The van der Waals surface area contributed by atoms with Gasteiger partial charge in [-0.05, 0) is 24.8 Å². The van der Waals surface area contributed by atoms with Gasteiger partial charge in [0.15, 0.2) is 0 Å². The van der Waals surface area contributed by atoms with E-state index in [2.05, 4.69) is 20.7 Å². The van der Waals surface area contributed by atoms with Gasteiger partial charge >= 0.3 is 0 Å². The van der Waals surface area contributed by atoms with Gasteiger partial charge in [0.2, 0.25) is 5.91 Å². The fourth-order valence-corrected chi connectivity index (χ4v) is 3.80. The highest BCUT2D eigenvalue weighted by Crippen LogP contribution is 2.43. The molecule has 2 aromatic heterocycles. The van der Waals surface area contributed by atoms with Crippen molar-refractivity contribution in [3.8, 4) is 17.0 Å². The quantitative estimate of drug-likeness (QED) is 0.552. The molecule has 1 atom stereocenters. The van der Waals surface area contributed by atoms with Gasteiger partial charge in [-0.3, -0.25) is 9.48 Å². The lowest BCUT2D eigenvalue weighted by atomic mass is 10.1. The minimum atomic E-state index is -0.342. The number of rotatable bonds is 5. The fourth-order valence-electron chi connectivity index (χ4n) is 3.80. The van der Waals surface area contributed by atoms with Gasteiger partial charge in [0.05, 0.1) is 28.5 Å². The van der Waals surface area contributed by atoms with Gasteiger partial charge in [0.25, 0.3) is 0 Å². The molecule has 27 heavy (non-hydrogen) atoms. The van der Waals surface area contributed by atoms with Crippen LogP contribution in [0, 0.1) is 5.92 Å². The van der Waals surface area contributed by atoms with Crippen molar-refractivity contribution in [2.24, 2.45) is 18.7 Å². The van der Waals surface area contributed by atoms with Gasteiger partial charge in [-0.15, -0.1) is 0 Å². The molecule has 5 rings (SSSR count). The van der Waals surface area contributed by atoms with Crippen molar-refractivity contribution in [2.45, 2.75) is 18.9 Å². The third-order valence-electron chi connectivity index (χ3n) is 5.24. The van der Waals surface area contributed by atoms with E-state index in [0.29, 0.717) is 19.1 Å². The van der Waals surface area contributed by atoms with Gasteiger partial charge < -0.3 is 26.1 Å². The number of aromatic nitrogens is 3. The van der Waals surface area contributed by atoms with Gasteiger partial charge in [-0.2, -0.15) is 5.10 Å². The lowest BCUT2D eigenvalue weighted by molar-refractivity contribution is -0.119. The van der Waals surface area contributed by atoms with E-state index in [0.717, 1.165) is 52.1 Å². The Bertz CT molecular complexity index is 1030. The standard InChI is InChI=1S/C19H22N6O2/c1-25-9-11(8-22-25)16-18-15-13(24-16)6-12(7-14(15)27-5-4-21-18)23-17(19(20)26)10-2-3-10/h6-10,17,21,23-24H,2-5H2,1H3,(H2,20,26)/t17-/m0/s1. The number of H-pyrrole nitrogens is 1. The van der Waals surface area contributed by atoms with E-state index in [1.165, 1.54) is 0 Å². The Morgan fingerprint density at radius 3 is 3.00 bits per heavy atom. The van der Waals surface area contributed by atoms with E-state index in [1.54, 1.807) is 4.68 Å². The number of nitrogens with two attached hydrogens (primary N) is 1. The molecule has 0 radical (unpaired) electrons. The van der Waals surface area contributed by atoms with Crippen molar-refractivity contribution in [2.75, 3.05) is 23.8 Å². The smallest absolute Gasteiger partial charge is 0.240 e. The largest absolute Gasteiger partial charge is 0.491 e. The molecule has 1 fully saturated rings. The summed E-state index contributed by atoms with van der Waals surface area (Å²) >= 11 is 0. The summed E-state index contributed by atoms with van der Waals surface area (Å²) in [7, 11) is 1.90. The molecule has 0 bridgehead atoms. The molecule has 3 heterocycles. The lowest BCUT2D eigenvalue weighted by Crippen LogP contribution is -2.37. The number of nitrogens with zero attached hydrogens (tertiary/aromatic N) is 2. The van der Waals surface area contributed by atoms with Gasteiger partial charge in [0.1, 0.15) is 18.4 Å². The van der Waals surface area contributed by atoms with Crippen LogP contribution in [-0.4, -0.2) is 39.9 Å². The number of anilines is 2. The fraction of sp³-hybridized carbons (Fsp3) is 0.368. The molecule has 1 amide bonds. The maximum atomic E-state index is 11.8. The predicted molar refractivity (Wildman–Crippen MR) is 104 cm³/mol. The van der Waals surface area contributed by atoms with Gasteiger partial charge in [0, 0.05) is 37.1 Å². The second-order valence-electron chi connectivity index (χ2n) is 7.31. The first-order valence-corrected chi connectivity index (χ1v) is 9.21. The SMILES string of the molecule is Cn1cc(-c2[nH]c3cc(N[C@H](C(N)=O)C4CC4)cc4c3c2NCCO4)cn1. The lowest BCUT2D eigenvalue weighted by Gasteiger charge is -2.17. The number of hydrogen-bond acceptors (Lipinski definition) is 5. The maximum Gasteiger partial charge on any atom is 0.240 e. The zero-order chi connectivity index (χ0) is 18.5. The number of aromatic amines is 1. The molecule has 0 saturated heterocycles. The van der Waals surface area contributed by atoms with E-state index in [1.807, 2.05) is 31.6 Å². The van der Waals surface area contributed by atoms with Crippen LogP contribution in [0.4, 0.5) is 11.4 Å². The Morgan fingerprint density at radius 2 is 2.30 bits per heavy atom. The average molecular weight is 366 g/mol. The maximum absolute atomic E-state index is 11.8. The first-order valence-electron chi connectivity index (χ1n) is 9.21. The summed E-state index contributed by atoms with van der Waals surface area (Å²) in [6, 6.07) is 3.63. The third-order valence-corrected chi connectivity index (χ3v) is 5.24. The minimum absolute atomic E-state index is 0.311. The molecule has 2 aliphatic rings. The summed E-state index contributed by atoms with van der Waals surface area (Å²) in [5, 5.41) is 12.1. The molecule has 0 spiro atoms. The Morgan fingerprint density at radius 1 is 1.44 bits per heavy atom. The molecule has 1 aromatic carbocycles. The van der Waals surface area contributed by atoms with E-state index in [9.17, 15) is 4.79 Å². The number of ether oxygens (including phenoxy) is 1. The normalized spacial score (nSPS) is 17.1. The molecule has 8 nitrogen and oxygen atoms in total. The molecule has 0 unspecified atom stereocenters. The summed E-state index contributed by atoms with van der Waals surface area (Å²) in [6.07, 6.45) is 5.88. The second-order valence-corrected chi connectivity index (χ2v) is 7.31. The predicted octanol–water partition coefficient (Wildman–Crippen LogP) is 2.05. The van der Waals surface area contributed by atoms with E-state index in [4.69, 9.17) is 10.5 Å². The van der Waals surface area contributed by atoms with Crippen molar-refractivity contribution in [1.82, 2.24) is 14.8 Å². The van der Waals surface area contributed by atoms with Gasteiger partial charge in [-0.25, -0.2) is 0 Å². The molecule has 3 aromatic rings. The number of benzene rings is 1. The van der Waals surface area contributed by atoms with Crippen LogP contribution in [0.3, 0.4) is 0 Å². The summed E-state index contributed by atoms with van der Waals surface area (Å²) in [5.41, 5.74) is 10.4. The highest BCUT2D eigenvalue weighted by Gasteiger charge is 2.35. The topological polar surface area (TPSA) is 110 Å². The second kappa shape index (κ2) is 5.94.